The van der Waals surface area contributed by atoms with Crippen molar-refractivity contribution in [2.75, 3.05) is 7.11 Å². The second-order valence-electron chi connectivity index (χ2n) is 9.28. The number of cyclic esters (lactones) is 2. The predicted molar refractivity (Wildman–Crippen MR) is 139 cm³/mol. The number of methoxy groups -OCH3 is 1. The largest absolute Gasteiger partial charge is 0.493 e. The summed E-state index contributed by atoms with van der Waals surface area (Å²) in [5.74, 6) is -3.57. The Morgan fingerprint density at radius 2 is 1.68 bits per heavy atom. The van der Waals surface area contributed by atoms with Crippen molar-refractivity contribution in [1.82, 2.24) is 4.98 Å². The first-order valence-corrected chi connectivity index (χ1v) is 12.2. The van der Waals surface area contributed by atoms with E-state index in [1.807, 2.05) is 54.7 Å². The molecule has 1 atom stereocenters. The number of carbonyl (C=O) groups is 2. The van der Waals surface area contributed by atoms with Gasteiger partial charge >= 0.3 is 11.9 Å². The highest BCUT2D eigenvalue weighted by Crippen LogP contribution is 2.43. The summed E-state index contributed by atoms with van der Waals surface area (Å²) in [6.07, 6.45) is 1.81. The van der Waals surface area contributed by atoms with Gasteiger partial charge in [-0.15, -0.1) is 0 Å². The molecule has 0 saturated carbocycles. The number of benzene rings is 3. The molecule has 190 valence electrons. The van der Waals surface area contributed by atoms with Crippen LogP contribution in [-0.4, -0.2) is 29.8 Å². The SMILES string of the molecule is COc1cc([C@@H](c2c[nH]c3ccccc23)C2C(=O)OC(C)(C)OC2=O)ccc1OCc1ccccc1Cl. The third-order valence-corrected chi connectivity index (χ3v) is 6.75. The normalized spacial score (nSPS) is 16.2. The van der Waals surface area contributed by atoms with Crippen LogP contribution in [0.4, 0.5) is 0 Å². The summed E-state index contributed by atoms with van der Waals surface area (Å²) in [5.41, 5.74) is 3.15. The second-order valence-corrected chi connectivity index (χ2v) is 9.68. The van der Waals surface area contributed by atoms with Crippen LogP contribution >= 0.6 is 11.6 Å². The van der Waals surface area contributed by atoms with E-state index in [1.165, 1.54) is 21.0 Å². The molecule has 0 radical (unpaired) electrons. The standard InChI is InChI=1S/C29H26ClNO6/c1-29(2)36-27(32)26(28(33)37-29)25(20-15-31-22-11-7-5-9-19(20)22)17-12-13-23(24(14-17)34-3)35-16-18-8-4-6-10-21(18)30/h4-15,25-26,31H,16H2,1-3H3/t25-/m0/s1. The number of fused-ring (bicyclic) bond motifs is 1. The number of aromatic nitrogens is 1. The minimum Gasteiger partial charge on any atom is -0.493 e. The molecule has 0 aliphatic carbocycles. The van der Waals surface area contributed by atoms with Crippen LogP contribution in [0.3, 0.4) is 0 Å². The Morgan fingerprint density at radius 3 is 2.41 bits per heavy atom. The Kier molecular flexibility index (Phi) is 6.56. The van der Waals surface area contributed by atoms with E-state index in [4.69, 9.17) is 30.5 Å². The fraction of sp³-hybridized carbons (Fsp3) is 0.241. The molecule has 0 spiro atoms. The van der Waals surface area contributed by atoms with Crippen molar-refractivity contribution in [2.45, 2.75) is 32.2 Å². The predicted octanol–water partition coefficient (Wildman–Crippen LogP) is 5.99. The number of rotatable bonds is 7. The summed E-state index contributed by atoms with van der Waals surface area (Å²) in [4.78, 5) is 29.6. The number of carbonyl (C=O) groups excluding carboxylic acids is 2. The van der Waals surface area contributed by atoms with Crippen LogP contribution in [0.15, 0.2) is 72.9 Å². The van der Waals surface area contributed by atoms with Gasteiger partial charge in [0.15, 0.2) is 17.4 Å². The van der Waals surface area contributed by atoms with Crippen molar-refractivity contribution in [1.29, 1.82) is 0 Å². The number of esters is 2. The zero-order valence-electron chi connectivity index (χ0n) is 20.6. The zero-order valence-corrected chi connectivity index (χ0v) is 21.4. The molecule has 2 heterocycles. The maximum atomic E-state index is 13.2. The first-order chi connectivity index (χ1) is 17.8. The van der Waals surface area contributed by atoms with E-state index in [-0.39, 0.29) is 6.61 Å². The van der Waals surface area contributed by atoms with Crippen LogP contribution in [0.25, 0.3) is 10.9 Å². The van der Waals surface area contributed by atoms with Crippen LogP contribution in [0.5, 0.6) is 11.5 Å². The van der Waals surface area contributed by atoms with Gasteiger partial charge in [0, 0.05) is 47.5 Å². The average molecular weight is 520 g/mol. The first-order valence-electron chi connectivity index (χ1n) is 11.8. The van der Waals surface area contributed by atoms with Crippen molar-refractivity contribution in [3.05, 3.63) is 94.6 Å². The van der Waals surface area contributed by atoms with Gasteiger partial charge in [-0.1, -0.05) is 54.1 Å². The lowest BCUT2D eigenvalue weighted by molar-refractivity contribution is -0.240. The fourth-order valence-electron chi connectivity index (χ4n) is 4.67. The summed E-state index contributed by atoms with van der Waals surface area (Å²) in [6, 6.07) is 20.5. The lowest BCUT2D eigenvalue weighted by Gasteiger charge is -2.36. The molecule has 0 unspecified atom stereocenters. The molecule has 1 fully saturated rings. The van der Waals surface area contributed by atoms with Gasteiger partial charge in [0.05, 0.1) is 7.11 Å². The second kappa shape index (κ2) is 9.82. The van der Waals surface area contributed by atoms with Gasteiger partial charge in [-0.05, 0) is 35.4 Å². The summed E-state index contributed by atoms with van der Waals surface area (Å²) in [6.45, 7) is 3.32. The smallest absolute Gasteiger partial charge is 0.324 e. The summed E-state index contributed by atoms with van der Waals surface area (Å²) < 4.78 is 22.6. The lowest BCUT2D eigenvalue weighted by Crippen LogP contribution is -2.48. The Morgan fingerprint density at radius 1 is 0.973 bits per heavy atom. The van der Waals surface area contributed by atoms with Crippen LogP contribution < -0.4 is 9.47 Å². The average Bonchev–Trinajstić information content (AvgIpc) is 3.29. The van der Waals surface area contributed by atoms with Crippen LogP contribution in [0, 0.1) is 5.92 Å². The number of halogens is 1. The topological polar surface area (TPSA) is 86.9 Å². The van der Waals surface area contributed by atoms with Gasteiger partial charge < -0.3 is 23.9 Å². The van der Waals surface area contributed by atoms with Crippen molar-refractivity contribution in [3.8, 4) is 11.5 Å². The molecule has 4 aromatic rings. The summed E-state index contributed by atoms with van der Waals surface area (Å²) in [7, 11) is 1.54. The number of H-pyrrole nitrogens is 1. The number of nitrogens with one attached hydrogen (secondary N) is 1. The third-order valence-electron chi connectivity index (χ3n) is 6.38. The Balaban J connectivity index is 1.56. The highest BCUT2D eigenvalue weighted by Gasteiger charge is 2.48. The van der Waals surface area contributed by atoms with E-state index in [2.05, 4.69) is 4.98 Å². The summed E-state index contributed by atoms with van der Waals surface area (Å²) in [5, 5.41) is 1.49. The van der Waals surface area contributed by atoms with E-state index in [0.29, 0.717) is 22.1 Å². The van der Waals surface area contributed by atoms with Gasteiger partial charge in [0.1, 0.15) is 6.61 Å². The van der Waals surface area contributed by atoms with Gasteiger partial charge in [0.2, 0.25) is 0 Å². The maximum absolute atomic E-state index is 13.2. The molecular formula is C29H26ClNO6. The van der Waals surface area contributed by atoms with E-state index < -0.39 is 29.6 Å². The molecule has 1 aliphatic rings. The van der Waals surface area contributed by atoms with Gasteiger partial charge in [-0.2, -0.15) is 0 Å². The van der Waals surface area contributed by atoms with E-state index in [0.717, 1.165) is 22.0 Å². The molecule has 8 heteroatoms. The zero-order chi connectivity index (χ0) is 26.2. The Labute approximate surface area is 219 Å². The number of hydrogen-bond donors (Lipinski definition) is 1. The van der Waals surface area contributed by atoms with Crippen molar-refractivity contribution in [3.63, 3.8) is 0 Å². The molecule has 0 amide bonds. The van der Waals surface area contributed by atoms with Gasteiger partial charge in [0.25, 0.3) is 5.79 Å². The summed E-state index contributed by atoms with van der Waals surface area (Å²) >= 11 is 6.27. The van der Waals surface area contributed by atoms with Crippen molar-refractivity contribution < 1.29 is 28.5 Å². The molecule has 0 bridgehead atoms. The van der Waals surface area contributed by atoms with Crippen molar-refractivity contribution >= 4 is 34.4 Å². The number of hydrogen-bond acceptors (Lipinski definition) is 6. The Bertz CT molecular complexity index is 1460. The number of ether oxygens (including phenoxy) is 4. The molecular weight excluding hydrogens is 494 g/mol. The molecule has 1 aromatic heterocycles. The number of para-hydroxylation sites is 1. The van der Waals surface area contributed by atoms with Crippen LogP contribution in [-0.2, 0) is 25.7 Å². The van der Waals surface area contributed by atoms with Gasteiger partial charge in [-0.25, -0.2) is 0 Å². The van der Waals surface area contributed by atoms with Crippen molar-refractivity contribution in [2.24, 2.45) is 5.92 Å². The molecule has 1 saturated heterocycles. The number of aromatic amines is 1. The minimum atomic E-state index is -1.33. The van der Waals surface area contributed by atoms with Crippen LogP contribution in [0.1, 0.15) is 36.5 Å². The van der Waals surface area contributed by atoms with E-state index >= 15 is 0 Å². The molecule has 5 rings (SSSR count). The lowest BCUT2D eigenvalue weighted by atomic mass is 9.80. The molecule has 7 nitrogen and oxygen atoms in total. The highest BCUT2D eigenvalue weighted by atomic mass is 35.5. The third kappa shape index (κ3) is 4.87. The first kappa shape index (κ1) is 24.7. The highest BCUT2D eigenvalue weighted by molar-refractivity contribution is 6.31. The van der Waals surface area contributed by atoms with E-state index in [9.17, 15) is 9.59 Å². The van der Waals surface area contributed by atoms with Gasteiger partial charge in [-0.3, -0.25) is 9.59 Å². The molecule has 3 aromatic carbocycles. The molecule has 1 N–H and O–H groups in total. The fourth-order valence-corrected chi connectivity index (χ4v) is 4.86. The van der Waals surface area contributed by atoms with E-state index in [1.54, 1.807) is 18.2 Å². The monoisotopic (exact) mass is 519 g/mol. The quantitative estimate of drug-likeness (QED) is 0.238. The minimum absolute atomic E-state index is 0.248. The van der Waals surface area contributed by atoms with Crippen LogP contribution in [0.2, 0.25) is 5.02 Å². The Hall–Kier alpha value is -3.97. The molecule has 1 aliphatic heterocycles. The molecule has 37 heavy (non-hydrogen) atoms. The maximum Gasteiger partial charge on any atom is 0.324 e.